The van der Waals surface area contributed by atoms with E-state index >= 15 is 0 Å². The van der Waals surface area contributed by atoms with Crippen LogP contribution in [0.2, 0.25) is 0 Å². The van der Waals surface area contributed by atoms with Crippen LogP contribution in [0.4, 0.5) is 11.4 Å². The van der Waals surface area contributed by atoms with Crippen molar-refractivity contribution in [2.45, 2.75) is 31.1 Å². The SMILES string of the molecule is CN(C)c1ccc(S(=O)(=O)N(C)C)cc1NC(=O)c1ccc(C(C)(C)C)cc1. The number of benzene rings is 2. The molecule has 0 saturated heterocycles. The Balaban J connectivity index is 2.39. The van der Waals surface area contributed by atoms with Gasteiger partial charge in [0.1, 0.15) is 0 Å². The maximum atomic E-state index is 12.8. The molecule has 1 amide bonds. The molecule has 0 saturated carbocycles. The van der Waals surface area contributed by atoms with Gasteiger partial charge in [0.15, 0.2) is 0 Å². The third-order valence-electron chi connectivity index (χ3n) is 4.49. The highest BCUT2D eigenvalue weighted by molar-refractivity contribution is 7.89. The lowest BCUT2D eigenvalue weighted by Gasteiger charge is -2.21. The number of carbonyl (C=O) groups excluding carboxylic acids is 1. The Kier molecular flexibility index (Phi) is 6.21. The standard InChI is InChI=1S/C21H29N3O3S/c1-21(2,3)16-10-8-15(9-11-16)20(25)22-18-14-17(28(26,27)24(6)7)12-13-19(18)23(4)5/h8-14H,1-7H3,(H,22,25). The number of carbonyl (C=O) groups is 1. The van der Waals surface area contributed by atoms with Crippen molar-refractivity contribution in [3.05, 3.63) is 53.6 Å². The highest BCUT2D eigenvalue weighted by Gasteiger charge is 2.20. The van der Waals surface area contributed by atoms with E-state index in [4.69, 9.17) is 0 Å². The molecule has 2 rings (SSSR count). The largest absolute Gasteiger partial charge is 0.376 e. The fraction of sp³-hybridized carbons (Fsp3) is 0.381. The summed E-state index contributed by atoms with van der Waals surface area (Å²) < 4.78 is 26.1. The molecule has 2 aromatic rings. The molecule has 2 aromatic carbocycles. The number of hydrogen-bond donors (Lipinski definition) is 1. The monoisotopic (exact) mass is 403 g/mol. The molecule has 0 aliphatic carbocycles. The summed E-state index contributed by atoms with van der Waals surface area (Å²) >= 11 is 0. The van der Waals surface area contributed by atoms with Crippen molar-refractivity contribution in [2.75, 3.05) is 38.4 Å². The summed E-state index contributed by atoms with van der Waals surface area (Å²) in [5, 5.41) is 2.85. The summed E-state index contributed by atoms with van der Waals surface area (Å²) in [6.07, 6.45) is 0. The van der Waals surface area contributed by atoms with Gasteiger partial charge in [0, 0.05) is 33.8 Å². The Morgan fingerprint density at radius 3 is 1.96 bits per heavy atom. The van der Waals surface area contributed by atoms with E-state index in [1.54, 1.807) is 24.3 Å². The number of anilines is 2. The molecule has 0 aliphatic rings. The van der Waals surface area contributed by atoms with Crippen LogP contribution in [0.1, 0.15) is 36.7 Å². The summed E-state index contributed by atoms with van der Waals surface area (Å²) in [5.74, 6) is -0.289. The Morgan fingerprint density at radius 2 is 1.50 bits per heavy atom. The summed E-state index contributed by atoms with van der Waals surface area (Å²) in [7, 11) is 3.03. The molecule has 7 heteroatoms. The minimum Gasteiger partial charge on any atom is -0.376 e. The zero-order valence-corrected chi connectivity index (χ0v) is 18.4. The van der Waals surface area contributed by atoms with Gasteiger partial charge in [0.25, 0.3) is 5.91 Å². The van der Waals surface area contributed by atoms with Crippen LogP contribution in [-0.4, -0.2) is 46.8 Å². The molecule has 0 bridgehead atoms. The third kappa shape index (κ3) is 4.72. The maximum Gasteiger partial charge on any atom is 0.255 e. The van der Waals surface area contributed by atoms with Crippen LogP contribution in [0.25, 0.3) is 0 Å². The van der Waals surface area contributed by atoms with Gasteiger partial charge in [0.2, 0.25) is 10.0 Å². The molecule has 0 radical (unpaired) electrons. The minimum atomic E-state index is -3.60. The molecular weight excluding hydrogens is 374 g/mol. The average Bonchev–Trinajstić information content (AvgIpc) is 2.60. The fourth-order valence-electron chi connectivity index (χ4n) is 2.69. The molecule has 0 spiro atoms. The van der Waals surface area contributed by atoms with E-state index in [-0.39, 0.29) is 16.2 Å². The molecule has 0 aliphatic heterocycles. The first kappa shape index (κ1) is 21.9. The van der Waals surface area contributed by atoms with Crippen LogP contribution in [0.3, 0.4) is 0 Å². The van der Waals surface area contributed by atoms with Crippen molar-refractivity contribution < 1.29 is 13.2 Å². The second-order valence-corrected chi connectivity index (χ2v) is 10.3. The second-order valence-electron chi connectivity index (χ2n) is 8.14. The molecule has 0 unspecified atom stereocenters. The molecule has 1 N–H and O–H groups in total. The highest BCUT2D eigenvalue weighted by atomic mass is 32.2. The van der Waals surface area contributed by atoms with Gasteiger partial charge in [-0.1, -0.05) is 32.9 Å². The van der Waals surface area contributed by atoms with Gasteiger partial charge in [-0.2, -0.15) is 0 Å². The second kappa shape index (κ2) is 7.93. The predicted octanol–water partition coefficient (Wildman–Crippen LogP) is 3.55. The molecule has 0 fully saturated rings. The van der Waals surface area contributed by atoms with Gasteiger partial charge in [-0.3, -0.25) is 4.79 Å². The lowest BCUT2D eigenvalue weighted by Crippen LogP contribution is -2.23. The molecular formula is C21H29N3O3S. The zero-order chi connectivity index (χ0) is 21.3. The number of nitrogens with zero attached hydrogens (tertiary/aromatic N) is 2. The van der Waals surface area contributed by atoms with Crippen molar-refractivity contribution in [1.29, 1.82) is 0 Å². The van der Waals surface area contributed by atoms with E-state index in [1.165, 1.54) is 20.2 Å². The predicted molar refractivity (Wildman–Crippen MR) is 115 cm³/mol. The third-order valence-corrected chi connectivity index (χ3v) is 6.30. The summed E-state index contributed by atoms with van der Waals surface area (Å²) in [6, 6.07) is 12.2. The van der Waals surface area contributed by atoms with E-state index in [2.05, 4.69) is 26.1 Å². The normalized spacial score (nSPS) is 12.1. The van der Waals surface area contributed by atoms with Crippen molar-refractivity contribution in [3.63, 3.8) is 0 Å². The number of rotatable bonds is 5. The van der Waals surface area contributed by atoms with Gasteiger partial charge >= 0.3 is 0 Å². The Labute approximate surface area is 168 Å². The Hall–Kier alpha value is -2.38. The number of nitrogens with one attached hydrogen (secondary N) is 1. The highest BCUT2D eigenvalue weighted by Crippen LogP contribution is 2.29. The topological polar surface area (TPSA) is 69.7 Å². The minimum absolute atomic E-state index is 0.00195. The molecule has 0 heterocycles. The van der Waals surface area contributed by atoms with Gasteiger partial charge in [-0.25, -0.2) is 12.7 Å². The van der Waals surface area contributed by atoms with E-state index in [1.807, 2.05) is 31.1 Å². The number of sulfonamides is 1. The molecule has 6 nitrogen and oxygen atoms in total. The lowest BCUT2D eigenvalue weighted by atomic mass is 9.87. The molecule has 0 aromatic heterocycles. The summed E-state index contributed by atoms with van der Waals surface area (Å²) in [4.78, 5) is 14.7. The van der Waals surface area contributed by atoms with Crippen molar-refractivity contribution in [2.24, 2.45) is 0 Å². The van der Waals surface area contributed by atoms with Crippen molar-refractivity contribution >= 4 is 27.3 Å². The zero-order valence-electron chi connectivity index (χ0n) is 17.6. The first-order valence-corrected chi connectivity index (χ1v) is 10.4. The van der Waals surface area contributed by atoms with Crippen LogP contribution in [-0.2, 0) is 15.4 Å². The van der Waals surface area contributed by atoms with Crippen molar-refractivity contribution in [1.82, 2.24) is 4.31 Å². The molecule has 0 atom stereocenters. The van der Waals surface area contributed by atoms with Crippen LogP contribution < -0.4 is 10.2 Å². The first-order chi connectivity index (χ1) is 12.8. The van der Waals surface area contributed by atoms with E-state index in [0.29, 0.717) is 11.3 Å². The lowest BCUT2D eigenvalue weighted by molar-refractivity contribution is 0.102. The summed E-state index contributed by atoms with van der Waals surface area (Å²) in [5.41, 5.74) is 2.81. The van der Waals surface area contributed by atoms with E-state index in [0.717, 1.165) is 15.6 Å². The van der Waals surface area contributed by atoms with Gasteiger partial charge in [0.05, 0.1) is 16.3 Å². The number of hydrogen-bond acceptors (Lipinski definition) is 4. The van der Waals surface area contributed by atoms with Gasteiger partial charge in [-0.05, 0) is 41.3 Å². The summed E-state index contributed by atoms with van der Waals surface area (Å²) in [6.45, 7) is 6.34. The van der Waals surface area contributed by atoms with E-state index < -0.39 is 10.0 Å². The molecule has 152 valence electrons. The average molecular weight is 404 g/mol. The van der Waals surface area contributed by atoms with Crippen LogP contribution in [0.5, 0.6) is 0 Å². The first-order valence-electron chi connectivity index (χ1n) is 9.00. The van der Waals surface area contributed by atoms with Crippen LogP contribution >= 0.6 is 0 Å². The number of amides is 1. The van der Waals surface area contributed by atoms with Crippen LogP contribution in [0.15, 0.2) is 47.4 Å². The van der Waals surface area contributed by atoms with Crippen LogP contribution in [0, 0.1) is 0 Å². The van der Waals surface area contributed by atoms with Crippen molar-refractivity contribution in [3.8, 4) is 0 Å². The Morgan fingerprint density at radius 1 is 0.929 bits per heavy atom. The van der Waals surface area contributed by atoms with Gasteiger partial charge in [-0.15, -0.1) is 0 Å². The fourth-order valence-corrected chi connectivity index (χ4v) is 3.62. The maximum absolute atomic E-state index is 12.8. The van der Waals surface area contributed by atoms with Gasteiger partial charge < -0.3 is 10.2 Å². The quantitative estimate of drug-likeness (QED) is 0.829. The molecule has 28 heavy (non-hydrogen) atoms. The van der Waals surface area contributed by atoms with E-state index in [9.17, 15) is 13.2 Å². The smallest absolute Gasteiger partial charge is 0.255 e. The Bertz CT molecular complexity index is 957.